The zero-order valence-corrected chi connectivity index (χ0v) is 32.1. The Morgan fingerprint density at radius 2 is 1.21 bits per heavy atom. The third kappa shape index (κ3) is 10.8. The summed E-state index contributed by atoms with van der Waals surface area (Å²) in [6.45, 7) is 7.16. The Labute approximate surface area is 318 Å². The number of nitrogens with two attached hydrogens (primary N) is 2. The first-order chi connectivity index (χ1) is 24.0. The normalized spacial score (nSPS) is 15.0. The largest absolute Gasteiger partial charge is 0.397 e. The summed E-state index contributed by atoms with van der Waals surface area (Å²) in [6.07, 6.45) is 2.04. The average Bonchev–Trinajstić information content (AvgIpc) is 3.54. The summed E-state index contributed by atoms with van der Waals surface area (Å²) in [6, 6.07) is 24.0. The van der Waals surface area contributed by atoms with Gasteiger partial charge in [-0.15, -0.1) is 24.8 Å². The maximum atomic E-state index is 13.2. The van der Waals surface area contributed by atoms with Gasteiger partial charge in [0.05, 0.1) is 43.9 Å². The van der Waals surface area contributed by atoms with Gasteiger partial charge in [0, 0.05) is 46.3 Å². The fourth-order valence-corrected chi connectivity index (χ4v) is 8.16. The van der Waals surface area contributed by atoms with E-state index in [0.717, 1.165) is 82.6 Å². The maximum Gasteiger partial charge on any atom is 0.264 e. The van der Waals surface area contributed by atoms with E-state index in [9.17, 15) is 21.2 Å². The van der Waals surface area contributed by atoms with Gasteiger partial charge in [-0.3, -0.25) is 9.03 Å². The molecule has 0 aromatic heterocycles. The summed E-state index contributed by atoms with van der Waals surface area (Å²) in [5.74, 6) is -0.509. The summed E-state index contributed by atoms with van der Waals surface area (Å²) in [5.41, 5.74) is 15.7. The van der Waals surface area contributed by atoms with E-state index in [1.165, 1.54) is 34.6 Å². The summed E-state index contributed by atoms with van der Waals surface area (Å²) < 4.78 is 67.6. The van der Waals surface area contributed by atoms with Gasteiger partial charge < -0.3 is 31.9 Å². The van der Waals surface area contributed by atoms with E-state index in [0.29, 0.717) is 17.1 Å². The van der Waals surface area contributed by atoms with Crippen LogP contribution in [0.5, 0.6) is 0 Å². The molecule has 2 heterocycles. The van der Waals surface area contributed by atoms with Crippen LogP contribution in [0.15, 0.2) is 101 Å². The number of benzene rings is 4. The second-order valence-electron chi connectivity index (χ2n) is 12.0. The Morgan fingerprint density at radius 3 is 1.75 bits per heavy atom. The van der Waals surface area contributed by atoms with Crippen LogP contribution in [0.25, 0.3) is 0 Å². The molecule has 2 aliphatic rings. The van der Waals surface area contributed by atoms with Crippen molar-refractivity contribution in [2.24, 2.45) is 0 Å². The van der Waals surface area contributed by atoms with Gasteiger partial charge in [0.25, 0.3) is 20.0 Å². The van der Waals surface area contributed by atoms with Crippen LogP contribution in [-0.4, -0.2) is 76.2 Å². The van der Waals surface area contributed by atoms with Crippen LogP contribution in [0.4, 0.5) is 38.5 Å². The van der Waals surface area contributed by atoms with Gasteiger partial charge in [0.2, 0.25) is 0 Å². The first-order valence-corrected chi connectivity index (χ1v) is 19.4. The van der Waals surface area contributed by atoms with Crippen LogP contribution < -0.4 is 40.9 Å². The zero-order valence-electron chi connectivity index (χ0n) is 28.9. The SMILES string of the molecule is CN(c1ccccc1)S(=O)(=O)c1ccc(N2CCCNCC2)c(N)c1.Cl.Cl.Nc1cc(S(=O)(=O)Nc2cccc(F)c2)ccc1N1CCCNCC1. The zero-order chi connectivity index (χ0) is 35.7. The Kier molecular flexibility index (Phi) is 15.7. The molecule has 52 heavy (non-hydrogen) atoms. The highest BCUT2D eigenvalue weighted by molar-refractivity contribution is 7.93. The van der Waals surface area contributed by atoms with Gasteiger partial charge in [0.1, 0.15) is 5.82 Å². The first kappa shape index (κ1) is 42.4. The van der Waals surface area contributed by atoms with Crippen molar-refractivity contribution < 1.29 is 21.2 Å². The standard InChI is InChI=1S/C18H24N4O2S.C17H21FN4O2S.2ClH/c1-21(15-6-3-2-4-7-15)25(23,24)16-8-9-18(17(19)14-16)22-12-5-10-20-11-13-22;18-13-3-1-4-14(11-13)21-25(23,24)15-5-6-17(16(19)12-15)22-9-2-7-20-8-10-22;;/h2-4,6-9,14,20H,5,10-13,19H2,1H3;1,3-6,11-12,20-21H,2,7-10,19H2;2*1H. The van der Waals surface area contributed by atoms with E-state index in [1.54, 1.807) is 37.4 Å². The minimum atomic E-state index is -3.83. The Hall–Kier alpha value is -3.99. The molecule has 0 spiro atoms. The summed E-state index contributed by atoms with van der Waals surface area (Å²) in [7, 11) is -5.93. The number of nitrogens with zero attached hydrogens (tertiary/aromatic N) is 3. The molecule has 0 amide bonds. The fraction of sp³-hybridized carbons (Fsp3) is 0.314. The maximum absolute atomic E-state index is 13.2. The van der Waals surface area contributed by atoms with E-state index in [-0.39, 0.29) is 40.3 Å². The number of halogens is 3. The van der Waals surface area contributed by atoms with Crippen molar-refractivity contribution in [2.75, 3.05) is 89.7 Å². The molecule has 0 bridgehead atoms. The van der Waals surface area contributed by atoms with Crippen LogP contribution in [0.1, 0.15) is 12.8 Å². The number of nitrogen functional groups attached to an aromatic ring is 2. The number of hydrogen-bond acceptors (Lipinski definition) is 10. The van der Waals surface area contributed by atoms with Crippen molar-refractivity contribution >= 4 is 79.0 Å². The van der Waals surface area contributed by atoms with E-state index in [1.807, 2.05) is 24.3 Å². The van der Waals surface area contributed by atoms with Crippen molar-refractivity contribution in [2.45, 2.75) is 22.6 Å². The molecule has 0 unspecified atom stereocenters. The number of rotatable bonds is 8. The summed E-state index contributed by atoms with van der Waals surface area (Å²) >= 11 is 0. The van der Waals surface area contributed by atoms with E-state index >= 15 is 0 Å². The van der Waals surface area contributed by atoms with Crippen molar-refractivity contribution in [1.82, 2.24) is 10.6 Å². The molecule has 6 rings (SSSR count). The molecule has 12 nitrogen and oxygen atoms in total. The number of para-hydroxylation sites is 1. The lowest BCUT2D eigenvalue weighted by Gasteiger charge is -2.25. The molecule has 4 aromatic carbocycles. The highest BCUT2D eigenvalue weighted by atomic mass is 35.5. The van der Waals surface area contributed by atoms with Gasteiger partial charge in [-0.05, 0) is 92.7 Å². The Balaban J connectivity index is 0.000000270. The second kappa shape index (κ2) is 19.2. The fourth-order valence-electron chi connectivity index (χ4n) is 5.84. The number of sulfonamides is 2. The molecule has 0 aliphatic carbocycles. The molecule has 4 aromatic rings. The van der Waals surface area contributed by atoms with Crippen LogP contribution in [0, 0.1) is 5.82 Å². The van der Waals surface area contributed by atoms with E-state index in [4.69, 9.17) is 11.5 Å². The molecule has 0 radical (unpaired) electrons. The number of anilines is 6. The Bertz CT molecular complexity index is 1960. The smallest absolute Gasteiger partial charge is 0.264 e. The lowest BCUT2D eigenvalue weighted by Crippen LogP contribution is -2.29. The van der Waals surface area contributed by atoms with Gasteiger partial charge >= 0.3 is 0 Å². The molecular weight excluding hydrogens is 750 g/mol. The molecule has 284 valence electrons. The topological polar surface area (TPSA) is 166 Å². The van der Waals surface area contributed by atoms with Crippen molar-refractivity contribution in [3.05, 3.63) is 96.8 Å². The minimum absolute atomic E-state index is 0. The molecule has 17 heteroatoms. The van der Waals surface area contributed by atoms with Gasteiger partial charge in [0.15, 0.2) is 0 Å². The van der Waals surface area contributed by atoms with Crippen LogP contribution in [-0.2, 0) is 20.0 Å². The quantitative estimate of drug-likeness (QED) is 0.157. The molecule has 0 atom stereocenters. The Morgan fingerprint density at radius 1 is 0.673 bits per heavy atom. The minimum Gasteiger partial charge on any atom is -0.397 e. The summed E-state index contributed by atoms with van der Waals surface area (Å²) in [4.78, 5) is 4.59. The highest BCUT2D eigenvalue weighted by Gasteiger charge is 2.23. The molecule has 2 saturated heterocycles. The van der Waals surface area contributed by atoms with Crippen LogP contribution in [0.2, 0.25) is 0 Å². The lowest BCUT2D eigenvalue weighted by molar-refractivity contribution is 0.594. The third-order valence-corrected chi connectivity index (χ3v) is 11.7. The van der Waals surface area contributed by atoms with Crippen LogP contribution >= 0.6 is 24.8 Å². The van der Waals surface area contributed by atoms with Gasteiger partial charge in [-0.2, -0.15) is 0 Å². The van der Waals surface area contributed by atoms with Crippen molar-refractivity contribution in [3.63, 3.8) is 0 Å². The highest BCUT2D eigenvalue weighted by Crippen LogP contribution is 2.30. The number of hydrogen-bond donors (Lipinski definition) is 5. The van der Waals surface area contributed by atoms with Crippen molar-refractivity contribution in [3.8, 4) is 0 Å². The monoisotopic (exact) mass is 796 g/mol. The van der Waals surface area contributed by atoms with Crippen molar-refractivity contribution in [1.29, 1.82) is 0 Å². The van der Waals surface area contributed by atoms with Gasteiger partial charge in [-0.1, -0.05) is 24.3 Å². The third-order valence-electron chi connectivity index (χ3n) is 8.52. The van der Waals surface area contributed by atoms with E-state index in [2.05, 4.69) is 25.2 Å². The molecule has 2 aliphatic heterocycles. The number of nitrogens with one attached hydrogen (secondary N) is 3. The second-order valence-corrected chi connectivity index (χ2v) is 15.7. The molecule has 2 fully saturated rings. The predicted molar refractivity (Wildman–Crippen MR) is 215 cm³/mol. The summed E-state index contributed by atoms with van der Waals surface area (Å²) in [5, 5.41) is 6.67. The average molecular weight is 798 g/mol. The van der Waals surface area contributed by atoms with Gasteiger partial charge in [-0.25, -0.2) is 21.2 Å². The van der Waals surface area contributed by atoms with E-state index < -0.39 is 25.9 Å². The predicted octanol–water partition coefficient (Wildman–Crippen LogP) is 4.75. The molecule has 7 N–H and O–H groups in total. The molecular formula is C35H47Cl2FN8O4S2. The first-order valence-electron chi connectivity index (χ1n) is 16.5. The molecule has 0 saturated carbocycles. The lowest BCUT2D eigenvalue weighted by atomic mass is 10.2. The van der Waals surface area contributed by atoms with Crippen LogP contribution in [0.3, 0.4) is 0 Å².